The molecule has 3 fully saturated rings. The van der Waals surface area contributed by atoms with E-state index in [2.05, 4.69) is 25.8 Å². The summed E-state index contributed by atoms with van der Waals surface area (Å²) < 4.78 is 0. The third-order valence-corrected chi connectivity index (χ3v) is 5.96. The fourth-order valence-electron chi connectivity index (χ4n) is 4.40. The molecule has 0 unspecified atom stereocenters. The van der Waals surface area contributed by atoms with Gasteiger partial charge in [-0.15, -0.1) is 0 Å². The molecule has 2 saturated heterocycles. The molecule has 4 rings (SSSR count). The third kappa shape index (κ3) is 3.36. The van der Waals surface area contributed by atoms with Gasteiger partial charge in [0.05, 0.1) is 0 Å². The van der Waals surface area contributed by atoms with Crippen LogP contribution in [0.1, 0.15) is 56.6 Å². The first-order chi connectivity index (χ1) is 11.3. The van der Waals surface area contributed by atoms with Crippen LogP contribution in [0.25, 0.3) is 0 Å². The van der Waals surface area contributed by atoms with Crippen molar-refractivity contribution in [3.05, 3.63) is 18.1 Å². The van der Waals surface area contributed by atoms with E-state index in [1.165, 1.54) is 50.9 Å². The van der Waals surface area contributed by atoms with Crippen LogP contribution >= 0.6 is 0 Å². The molecule has 23 heavy (non-hydrogen) atoms. The highest BCUT2D eigenvalue weighted by Gasteiger charge is 2.30. The fourth-order valence-corrected chi connectivity index (χ4v) is 4.40. The van der Waals surface area contributed by atoms with Gasteiger partial charge in [0.2, 0.25) is 0 Å². The van der Waals surface area contributed by atoms with Gasteiger partial charge >= 0.3 is 0 Å². The van der Waals surface area contributed by atoms with Crippen molar-refractivity contribution in [2.45, 2.75) is 62.9 Å². The minimum atomic E-state index is 0.374. The second-order valence-electron chi connectivity index (χ2n) is 7.54. The molecular formula is C18H29N5. The molecule has 1 aliphatic carbocycles. The molecule has 126 valence electrons. The zero-order valence-corrected chi connectivity index (χ0v) is 14.0. The van der Waals surface area contributed by atoms with Crippen molar-refractivity contribution in [2.24, 2.45) is 5.73 Å². The molecule has 0 spiro atoms. The summed E-state index contributed by atoms with van der Waals surface area (Å²) in [5.41, 5.74) is 7.10. The topological polar surface area (TPSA) is 58.3 Å². The fraction of sp³-hybridized carbons (Fsp3) is 0.778. The normalized spacial score (nSPS) is 30.2. The number of nitrogens with zero attached hydrogens (tertiary/aromatic N) is 4. The maximum absolute atomic E-state index is 5.91. The molecule has 3 aliphatic rings. The van der Waals surface area contributed by atoms with Crippen LogP contribution in [0.4, 0.5) is 5.82 Å². The second kappa shape index (κ2) is 6.73. The summed E-state index contributed by atoms with van der Waals surface area (Å²) in [7, 11) is 0. The summed E-state index contributed by atoms with van der Waals surface area (Å²) in [4.78, 5) is 14.2. The zero-order valence-electron chi connectivity index (χ0n) is 14.0. The quantitative estimate of drug-likeness (QED) is 0.926. The van der Waals surface area contributed by atoms with Gasteiger partial charge in [-0.2, -0.15) is 0 Å². The van der Waals surface area contributed by atoms with Gasteiger partial charge in [0.25, 0.3) is 0 Å². The standard InChI is InChI=1S/C18H29N5/c19-15-10-14(11-15)17-12-18(21-13-20-17)23-8-4-16(5-9-23)22-6-2-1-3-7-22/h12-16H,1-11,19H2. The Morgan fingerprint density at radius 2 is 1.70 bits per heavy atom. The van der Waals surface area contributed by atoms with Crippen LogP contribution < -0.4 is 10.6 Å². The predicted molar refractivity (Wildman–Crippen MR) is 92.6 cm³/mol. The molecular weight excluding hydrogens is 286 g/mol. The van der Waals surface area contributed by atoms with Crippen LogP contribution in [0, 0.1) is 0 Å². The van der Waals surface area contributed by atoms with Crippen LogP contribution in [-0.4, -0.2) is 53.1 Å². The third-order valence-electron chi connectivity index (χ3n) is 5.96. The largest absolute Gasteiger partial charge is 0.356 e. The number of hydrogen-bond donors (Lipinski definition) is 1. The Morgan fingerprint density at radius 1 is 0.957 bits per heavy atom. The molecule has 5 heteroatoms. The number of anilines is 1. The highest BCUT2D eigenvalue weighted by molar-refractivity contribution is 5.40. The molecule has 0 radical (unpaired) electrons. The summed E-state index contributed by atoms with van der Waals surface area (Å²) in [6, 6.07) is 3.37. The van der Waals surface area contributed by atoms with Crippen LogP contribution in [-0.2, 0) is 0 Å². The van der Waals surface area contributed by atoms with Gasteiger partial charge in [-0.05, 0) is 51.6 Å². The van der Waals surface area contributed by atoms with Gasteiger partial charge in [0.15, 0.2) is 0 Å². The van der Waals surface area contributed by atoms with E-state index in [4.69, 9.17) is 5.73 Å². The molecule has 1 saturated carbocycles. The Bertz CT molecular complexity index is 514. The Balaban J connectivity index is 1.35. The number of rotatable bonds is 3. The van der Waals surface area contributed by atoms with Gasteiger partial charge in [0, 0.05) is 42.9 Å². The Hall–Kier alpha value is -1.20. The highest BCUT2D eigenvalue weighted by Crippen LogP contribution is 2.35. The lowest BCUT2D eigenvalue weighted by Crippen LogP contribution is -2.47. The Labute approximate surface area is 139 Å². The summed E-state index contributed by atoms with van der Waals surface area (Å²) in [6.45, 7) is 4.87. The Morgan fingerprint density at radius 3 is 2.39 bits per heavy atom. The average Bonchev–Trinajstić information content (AvgIpc) is 2.60. The lowest BCUT2D eigenvalue weighted by Gasteiger charge is -2.40. The summed E-state index contributed by atoms with van der Waals surface area (Å²) in [5, 5.41) is 0. The average molecular weight is 315 g/mol. The molecule has 5 nitrogen and oxygen atoms in total. The lowest BCUT2D eigenvalue weighted by atomic mass is 9.78. The van der Waals surface area contributed by atoms with Crippen molar-refractivity contribution in [2.75, 3.05) is 31.1 Å². The molecule has 1 aromatic heterocycles. The number of hydrogen-bond acceptors (Lipinski definition) is 5. The first-order valence-corrected chi connectivity index (χ1v) is 9.36. The molecule has 3 heterocycles. The molecule has 0 atom stereocenters. The molecule has 1 aromatic rings. The monoisotopic (exact) mass is 315 g/mol. The van der Waals surface area contributed by atoms with E-state index < -0.39 is 0 Å². The van der Waals surface area contributed by atoms with E-state index >= 15 is 0 Å². The highest BCUT2D eigenvalue weighted by atomic mass is 15.2. The van der Waals surface area contributed by atoms with Crippen molar-refractivity contribution in [3.63, 3.8) is 0 Å². The predicted octanol–water partition coefficient (Wildman–Crippen LogP) is 2.14. The van der Waals surface area contributed by atoms with E-state index in [1.54, 1.807) is 6.33 Å². The maximum atomic E-state index is 5.91. The second-order valence-corrected chi connectivity index (χ2v) is 7.54. The van der Waals surface area contributed by atoms with Crippen molar-refractivity contribution >= 4 is 5.82 Å². The molecule has 0 amide bonds. The van der Waals surface area contributed by atoms with Crippen molar-refractivity contribution in [3.8, 4) is 0 Å². The minimum absolute atomic E-state index is 0.374. The van der Waals surface area contributed by atoms with Crippen molar-refractivity contribution in [1.82, 2.24) is 14.9 Å². The number of aromatic nitrogens is 2. The van der Waals surface area contributed by atoms with Crippen molar-refractivity contribution < 1.29 is 0 Å². The maximum Gasteiger partial charge on any atom is 0.132 e. The van der Waals surface area contributed by atoms with E-state index in [0.717, 1.165) is 37.8 Å². The molecule has 2 aliphatic heterocycles. The minimum Gasteiger partial charge on any atom is -0.356 e. The van der Waals surface area contributed by atoms with Gasteiger partial charge < -0.3 is 15.5 Å². The van der Waals surface area contributed by atoms with E-state index in [9.17, 15) is 0 Å². The molecule has 2 N–H and O–H groups in total. The van der Waals surface area contributed by atoms with Gasteiger partial charge in [-0.25, -0.2) is 9.97 Å². The molecule has 0 aromatic carbocycles. The van der Waals surface area contributed by atoms with Crippen LogP contribution in [0.2, 0.25) is 0 Å². The van der Waals surface area contributed by atoms with E-state index in [-0.39, 0.29) is 0 Å². The Kier molecular flexibility index (Phi) is 4.49. The van der Waals surface area contributed by atoms with Crippen molar-refractivity contribution in [1.29, 1.82) is 0 Å². The first-order valence-electron chi connectivity index (χ1n) is 9.36. The van der Waals surface area contributed by atoms with E-state index in [1.807, 2.05) is 0 Å². The number of likely N-dealkylation sites (tertiary alicyclic amines) is 1. The lowest BCUT2D eigenvalue weighted by molar-refractivity contribution is 0.141. The van der Waals surface area contributed by atoms with Gasteiger partial charge in [-0.1, -0.05) is 6.42 Å². The summed E-state index contributed by atoms with van der Waals surface area (Å²) in [6.07, 6.45) is 10.6. The van der Waals surface area contributed by atoms with E-state index in [0.29, 0.717) is 12.0 Å². The van der Waals surface area contributed by atoms with Crippen LogP contribution in [0.5, 0.6) is 0 Å². The number of nitrogens with two attached hydrogens (primary N) is 1. The van der Waals surface area contributed by atoms with Crippen LogP contribution in [0.3, 0.4) is 0 Å². The van der Waals surface area contributed by atoms with Gasteiger partial charge in [-0.3, -0.25) is 0 Å². The summed E-state index contributed by atoms with van der Waals surface area (Å²) >= 11 is 0. The summed E-state index contributed by atoms with van der Waals surface area (Å²) in [5.74, 6) is 1.67. The smallest absolute Gasteiger partial charge is 0.132 e. The van der Waals surface area contributed by atoms with Gasteiger partial charge in [0.1, 0.15) is 12.1 Å². The first kappa shape index (κ1) is 15.3. The van der Waals surface area contributed by atoms with Crippen LogP contribution in [0.15, 0.2) is 12.4 Å². The molecule has 0 bridgehead atoms. The number of piperidine rings is 2. The zero-order chi connectivity index (χ0) is 15.6. The SMILES string of the molecule is NC1CC(c2cc(N3CCC(N4CCCCC4)CC3)ncn2)C1.